The van der Waals surface area contributed by atoms with Crippen LogP contribution in [0.2, 0.25) is 0 Å². The van der Waals surface area contributed by atoms with Gasteiger partial charge in [0, 0.05) is 25.3 Å². The molecule has 1 fully saturated rings. The maximum absolute atomic E-state index is 11.9. The van der Waals surface area contributed by atoms with Gasteiger partial charge in [-0.1, -0.05) is 0 Å². The molecule has 5 nitrogen and oxygen atoms in total. The van der Waals surface area contributed by atoms with E-state index in [-0.39, 0.29) is 5.91 Å². The lowest BCUT2D eigenvalue weighted by Crippen LogP contribution is -2.30. The van der Waals surface area contributed by atoms with Crippen molar-refractivity contribution in [3.05, 3.63) is 17.5 Å². The van der Waals surface area contributed by atoms with Gasteiger partial charge in [-0.15, -0.1) is 0 Å². The van der Waals surface area contributed by atoms with Gasteiger partial charge in [-0.2, -0.15) is 5.10 Å². The van der Waals surface area contributed by atoms with E-state index in [1.807, 2.05) is 14.0 Å². The molecule has 1 aromatic rings. The summed E-state index contributed by atoms with van der Waals surface area (Å²) >= 11 is 0. The molecule has 0 bridgehead atoms. The minimum absolute atomic E-state index is 0.0198. The third-order valence-electron chi connectivity index (χ3n) is 3.42. The van der Waals surface area contributed by atoms with Crippen molar-refractivity contribution in [2.75, 3.05) is 13.1 Å². The first-order valence-electron chi connectivity index (χ1n) is 6.18. The number of amides is 1. The van der Waals surface area contributed by atoms with Gasteiger partial charge in [0.25, 0.3) is 5.91 Å². The molecule has 0 aromatic carbocycles. The molecule has 0 saturated carbocycles. The fraction of sp³-hybridized carbons (Fsp3) is 0.667. The molecule has 1 saturated heterocycles. The van der Waals surface area contributed by atoms with Crippen LogP contribution in [-0.4, -0.2) is 34.8 Å². The Labute approximate surface area is 102 Å². The van der Waals surface area contributed by atoms with Crippen molar-refractivity contribution in [2.45, 2.75) is 32.2 Å². The molecule has 0 unspecified atom stereocenters. The number of hydrogen-bond donors (Lipinski definition) is 2. The van der Waals surface area contributed by atoms with Crippen LogP contribution in [-0.2, 0) is 7.05 Å². The second kappa shape index (κ2) is 5.31. The highest BCUT2D eigenvalue weighted by molar-refractivity contribution is 5.94. The Morgan fingerprint density at radius 1 is 1.71 bits per heavy atom. The topological polar surface area (TPSA) is 59.0 Å². The Balaban J connectivity index is 1.79. The predicted molar refractivity (Wildman–Crippen MR) is 65.9 cm³/mol. The van der Waals surface area contributed by atoms with Crippen molar-refractivity contribution >= 4 is 5.91 Å². The van der Waals surface area contributed by atoms with Gasteiger partial charge in [0.15, 0.2) is 0 Å². The van der Waals surface area contributed by atoms with Crippen molar-refractivity contribution in [3.8, 4) is 0 Å². The standard InChI is InChI=1S/C12H20N4O/c1-9-11(8-15-16(9)2)12(17)14-7-5-10-4-3-6-13-10/h8,10,13H,3-7H2,1-2H3,(H,14,17)/t10-/m1/s1. The average molecular weight is 236 g/mol. The lowest BCUT2D eigenvalue weighted by molar-refractivity contribution is 0.0951. The second-order valence-corrected chi connectivity index (χ2v) is 4.61. The third kappa shape index (κ3) is 2.85. The Bertz CT molecular complexity index is 393. The molecule has 1 aromatic heterocycles. The van der Waals surface area contributed by atoms with E-state index in [0.717, 1.165) is 25.2 Å². The minimum atomic E-state index is -0.0198. The zero-order valence-electron chi connectivity index (χ0n) is 10.5. The summed E-state index contributed by atoms with van der Waals surface area (Å²) in [6.45, 7) is 3.74. The first-order chi connectivity index (χ1) is 8.18. The molecule has 2 N–H and O–H groups in total. The number of carbonyl (C=O) groups excluding carboxylic acids is 1. The molecule has 1 aliphatic heterocycles. The predicted octanol–water partition coefficient (Wildman–Crippen LogP) is 0.600. The molecule has 5 heteroatoms. The highest BCUT2D eigenvalue weighted by atomic mass is 16.1. The van der Waals surface area contributed by atoms with Gasteiger partial charge in [-0.25, -0.2) is 0 Å². The van der Waals surface area contributed by atoms with Gasteiger partial charge in [-0.05, 0) is 32.7 Å². The number of carbonyl (C=O) groups is 1. The van der Waals surface area contributed by atoms with Crippen LogP contribution in [0, 0.1) is 6.92 Å². The Morgan fingerprint density at radius 3 is 3.12 bits per heavy atom. The fourth-order valence-corrected chi connectivity index (χ4v) is 2.18. The number of aromatic nitrogens is 2. The molecule has 0 spiro atoms. The summed E-state index contributed by atoms with van der Waals surface area (Å²) in [7, 11) is 1.84. The third-order valence-corrected chi connectivity index (χ3v) is 3.42. The van der Waals surface area contributed by atoms with Crippen LogP contribution in [0.4, 0.5) is 0 Å². The SMILES string of the molecule is Cc1c(C(=O)NCC[C@H]2CCCN2)cnn1C. The second-order valence-electron chi connectivity index (χ2n) is 4.61. The number of nitrogens with zero attached hydrogens (tertiary/aromatic N) is 2. The van der Waals surface area contributed by atoms with Crippen molar-refractivity contribution < 1.29 is 4.79 Å². The highest BCUT2D eigenvalue weighted by Gasteiger charge is 2.15. The molecule has 2 heterocycles. The first-order valence-corrected chi connectivity index (χ1v) is 6.18. The molecule has 17 heavy (non-hydrogen) atoms. The van der Waals surface area contributed by atoms with E-state index in [1.54, 1.807) is 10.9 Å². The highest BCUT2D eigenvalue weighted by Crippen LogP contribution is 2.08. The zero-order valence-corrected chi connectivity index (χ0v) is 10.5. The largest absolute Gasteiger partial charge is 0.352 e. The van der Waals surface area contributed by atoms with Crippen LogP contribution in [0.15, 0.2) is 6.20 Å². The van der Waals surface area contributed by atoms with Gasteiger partial charge in [0.2, 0.25) is 0 Å². The fourth-order valence-electron chi connectivity index (χ4n) is 2.18. The number of nitrogens with one attached hydrogen (secondary N) is 2. The normalized spacial score (nSPS) is 19.5. The van der Waals surface area contributed by atoms with E-state index in [9.17, 15) is 4.79 Å². The summed E-state index contributed by atoms with van der Waals surface area (Å²) in [6.07, 6.45) is 5.10. The number of hydrogen-bond acceptors (Lipinski definition) is 3. The van der Waals surface area contributed by atoms with Crippen LogP contribution in [0.1, 0.15) is 35.3 Å². The number of aryl methyl sites for hydroxylation is 1. The van der Waals surface area contributed by atoms with E-state index in [4.69, 9.17) is 0 Å². The number of rotatable bonds is 4. The average Bonchev–Trinajstić information content (AvgIpc) is 2.91. The van der Waals surface area contributed by atoms with E-state index in [2.05, 4.69) is 15.7 Å². The molecule has 1 amide bonds. The van der Waals surface area contributed by atoms with Crippen molar-refractivity contribution in [1.29, 1.82) is 0 Å². The molecule has 0 radical (unpaired) electrons. The van der Waals surface area contributed by atoms with E-state index in [0.29, 0.717) is 11.6 Å². The van der Waals surface area contributed by atoms with Gasteiger partial charge in [0.05, 0.1) is 11.8 Å². The van der Waals surface area contributed by atoms with Crippen molar-refractivity contribution in [2.24, 2.45) is 7.05 Å². The van der Waals surface area contributed by atoms with E-state index in [1.165, 1.54) is 12.8 Å². The summed E-state index contributed by atoms with van der Waals surface area (Å²) in [5.74, 6) is -0.0198. The smallest absolute Gasteiger partial charge is 0.254 e. The van der Waals surface area contributed by atoms with Crippen molar-refractivity contribution in [1.82, 2.24) is 20.4 Å². The minimum Gasteiger partial charge on any atom is -0.352 e. The van der Waals surface area contributed by atoms with E-state index >= 15 is 0 Å². The Hall–Kier alpha value is -1.36. The van der Waals surface area contributed by atoms with Crippen LogP contribution < -0.4 is 10.6 Å². The van der Waals surface area contributed by atoms with E-state index < -0.39 is 0 Å². The van der Waals surface area contributed by atoms with Gasteiger partial charge in [0.1, 0.15) is 0 Å². The summed E-state index contributed by atoms with van der Waals surface area (Å²) in [5.41, 5.74) is 1.58. The quantitative estimate of drug-likeness (QED) is 0.805. The van der Waals surface area contributed by atoms with Gasteiger partial charge >= 0.3 is 0 Å². The van der Waals surface area contributed by atoms with Gasteiger partial charge in [-0.3, -0.25) is 9.48 Å². The molecule has 2 rings (SSSR count). The monoisotopic (exact) mass is 236 g/mol. The molecule has 0 aliphatic carbocycles. The lowest BCUT2D eigenvalue weighted by atomic mass is 10.1. The summed E-state index contributed by atoms with van der Waals surface area (Å²) < 4.78 is 1.72. The van der Waals surface area contributed by atoms with Crippen molar-refractivity contribution in [3.63, 3.8) is 0 Å². The lowest BCUT2D eigenvalue weighted by Gasteiger charge is -2.10. The van der Waals surface area contributed by atoms with Gasteiger partial charge < -0.3 is 10.6 Å². The molecular weight excluding hydrogens is 216 g/mol. The molecule has 94 valence electrons. The van der Waals surface area contributed by atoms with Crippen LogP contribution in [0.5, 0.6) is 0 Å². The molecule has 1 atom stereocenters. The maximum atomic E-state index is 11.9. The first kappa shape index (κ1) is 12.1. The summed E-state index contributed by atoms with van der Waals surface area (Å²) in [5, 5.41) is 10.4. The maximum Gasteiger partial charge on any atom is 0.254 e. The molecule has 1 aliphatic rings. The molecular formula is C12H20N4O. The Morgan fingerprint density at radius 2 is 2.53 bits per heavy atom. The zero-order chi connectivity index (χ0) is 12.3. The summed E-state index contributed by atoms with van der Waals surface area (Å²) in [4.78, 5) is 11.9. The Kier molecular flexibility index (Phi) is 3.78. The van der Waals surface area contributed by atoms with Crippen LogP contribution >= 0.6 is 0 Å². The van der Waals surface area contributed by atoms with Crippen LogP contribution in [0.3, 0.4) is 0 Å². The summed E-state index contributed by atoms with van der Waals surface area (Å²) in [6, 6.07) is 0.574. The van der Waals surface area contributed by atoms with Crippen LogP contribution in [0.25, 0.3) is 0 Å².